The zero-order valence-corrected chi connectivity index (χ0v) is 23.8. The molecule has 0 amide bonds. The van der Waals surface area contributed by atoms with Crippen LogP contribution in [0.25, 0.3) is 0 Å². The van der Waals surface area contributed by atoms with Crippen molar-refractivity contribution >= 4 is 40.7 Å². The summed E-state index contributed by atoms with van der Waals surface area (Å²) in [4.78, 5) is 25.4. The normalized spacial score (nSPS) is 24.4. The lowest BCUT2D eigenvalue weighted by atomic mass is 9.78. The highest BCUT2D eigenvalue weighted by molar-refractivity contribution is 6.33. The summed E-state index contributed by atoms with van der Waals surface area (Å²) < 4.78 is 0. The summed E-state index contributed by atoms with van der Waals surface area (Å²) in [6, 6.07) is 12.3. The van der Waals surface area contributed by atoms with E-state index in [4.69, 9.17) is 16.6 Å². The first-order chi connectivity index (χ1) is 19.2. The van der Waals surface area contributed by atoms with Gasteiger partial charge in [0.05, 0.1) is 18.7 Å². The molecule has 0 saturated heterocycles. The molecule has 3 N–H and O–H groups in total. The Bertz CT molecular complexity index is 1440. The van der Waals surface area contributed by atoms with Gasteiger partial charge in [0.1, 0.15) is 5.02 Å². The Morgan fingerprint density at radius 3 is 2.75 bits per heavy atom. The number of hydrogen-bond donors (Lipinski definition) is 3. The zero-order chi connectivity index (χ0) is 28.0. The molecule has 1 saturated carbocycles. The van der Waals surface area contributed by atoms with E-state index in [0.29, 0.717) is 29.3 Å². The fraction of sp³-hybridized carbons (Fsp3) is 0.452. The number of nitrogens with one attached hydrogen (secondary N) is 1. The van der Waals surface area contributed by atoms with Crippen molar-refractivity contribution in [2.75, 3.05) is 30.4 Å². The van der Waals surface area contributed by atoms with Crippen LogP contribution in [-0.2, 0) is 23.2 Å². The van der Waals surface area contributed by atoms with E-state index < -0.39 is 11.4 Å². The number of para-hydroxylation sites is 1. The fourth-order valence-corrected chi connectivity index (χ4v) is 7.04. The van der Waals surface area contributed by atoms with E-state index in [9.17, 15) is 15.0 Å². The molecule has 1 unspecified atom stereocenters. The third-order valence-corrected chi connectivity index (χ3v) is 9.09. The van der Waals surface area contributed by atoms with Gasteiger partial charge in [0, 0.05) is 36.4 Å². The molecule has 0 bridgehead atoms. The number of rotatable bonds is 6. The summed E-state index contributed by atoms with van der Waals surface area (Å²) >= 11 is 6.66. The van der Waals surface area contributed by atoms with Crippen molar-refractivity contribution in [2.24, 2.45) is 0 Å². The molecule has 3 aliphatic rings. The van der Waals surface area contributed by atoms with Crippen LogP contribution in [0, 0.1) is 0 Å². The first-order valence-electron chi connectivity index (χ1n) is 14.1. The fourth-order valence-electron chi connectivity index (χ4n) is 6.85. The topological polar surface area (TPSA) is 102 Å². The average molecular weight is 562 g/mol. The van der Waals surface area contributed by atoms with Gasteiger partial charge in [0.2, 0.25) is 5.95 Å². The molecule has 9 heteroatoms. The Labute approximate surface area is 240 Å². The number of nitrogens with zero attached hydrogens (tertiary/aromatic N) is 4. The van der Waals surface area contributed by atoms with Crippen LogP contribution >= 0.6 is 11.6 Å². The second-order valence-electron chi connectivity index (χ2n) is 11.9. The second kappa shape index (κ2) is 10.7. The van der Waals surface area contributed by atoms with Crippen molar-refractivity contribution in [3.63, 3.8) is 0 Å². The minimum absolute atomic E-state index is 0.0128. The molecule has 0 spiro atoms. The molecule has 2 aromatic carbocycles. The third-order valence-electron chi connectivity index (χ3n) is 8.83. The van der Waals surface area contributed by atoms with E-state index in [1.54, 1.807) is 6.20 Å². The van der Waals surface area contributed by atoms with Crippen LogP contribution in [0.5, 0.6) is 0 Å². The number of carbonyl (C=O) groups is 1. The van der Waals surface area contributed by atoms with E-state index in [-0.39, 0.29) is 12.5 Å². The molecule has 1 fully saturated rings. The summed E-state index contributed by atoms with van der Waals surface area (Å²) in [5.41, 5.74) is 6.42. The Balaban J connectivity index is 1.34. The van der Waals surface area contributed by atoms with Crippen molar-refractivity contribution < 1.29 is 15.0 Å². The lowest BCUT2D eigenvalue weighted by Gasteiger charge is -2.32. The summed E-state index contributed by atoms with van der Waals surface area (Å²) in [7, 11) is 2.15. The Hall–Kier alpha value is -3.20. The molecule has 0 radical (unpaired) electrons. The van der Waals surface area contributed by atoms with Gasteiger partial charge in [-0.1, -0.05) is 36.7 Å². The Kier molecular flexibility index (Phi) is 7.19. The minimum Gasteiger partial charge on any atom is -0.481 e. The highest BCUT2D eigenvalue weighted by Crippen LogP contribution is 2.47. The van der Waals surface area contributed by atoms with Crippen LogP contribution in [0.4, 0.5) is 23.1 Å². The highest BCUT2D eigenvalue weighted by Gasteiger charge is 2.42. The Morgan fingerprint density at radius 1 is 1.20 bits per heavy atom. The van der Waals surface area contributed by atoms with Crippen LogP contribution in [0.3, 0.4) is 0 Å². The number of halogens is 1. The van der Waals surface area contributed by atoms with Gasteiger partial charge >= 0.3 is 5.97 Å². The van der Waals surface area contributed by atoms with Gasteiger partial charge in [-0.3, -0.25) is 4.79 Å². The first kappa shape index (κ1) is 27.0. The van der Waals surface area contributed by atoms with Crippen LogP contribution in [0.2, 0.25) is 5.02 Å². The van der Waals surface area contributed by atoms with E-state index in [1.807, 2.05) is 36.1 Å². The van der Waals surface area contributed by atoms with Gasteiger partial charge in [0.15, 0.2) is 5.82 Å². The van der Waals surface area contributed by atoms with Gasteiger partial charge in [-0.05, 0) is 85.5 Å². The standard InChI is InChI=1S/C31H36ClN5O3/c1-31(15-28(39)40)18-37(27-6-4-3-5-25(27)31)29-26(32)16-33-30(35-29)34-21-13-20-17-36(2)12-11-23(20)24(14-21)19-7-9-22(38)10-8-19/h3-6,13-14,16,19,22,38H,7-12,15,17-18H2,1-2H3,(H,39,40)(H,33,34,35). The molecule has 40 heavy (non-hydrogen) atoms. The van der Waals surface area contributed by atoms with Crippen LogP contribution < -0.4 is 10.2 Å². The smallest absolute Gasteiger partial charge is 0.304 e. The second-order valence-corrected chi connectivity index (χ2v) is 12.3. The SMILES string of the molecule is CN1CCc2c(cc(Nc3ncc(Cl)c(N4CC(C)(CC(=O)O)c5ccccc54)n3)cc2C2CCC(O)CC2)C1. The van der Waals surface area contributed by atoms with Gasteiger partial charge in [-0.15, -0.1) is 0 Å². The van der Waals surface area contributed by atoms with E-state index >= 15 is 0 Å². The summed E-state index contributed by atoms with van der Waals surface area (Å²) in [6.07, 6.45) is 6.16. The molecule has 210 valence electrons. The largest absolute Gasteiger partial charge is 0.481 e. The number of fused-ring (bicyclic) bond motifs is 2. The van der Waals surface area contributed by atoms with Crippen molar-refractivity contribution in [1.82, 2.24) is 14.9 Å². The molecule has 3 aromatic rings. The summed E-state index contributed by atoms with van der Waals surface area (Å²) in [5, 5.41) is 23.6. The number of benzene rings is 2. The van der Waals surface area contributed by atoms with Crippen molar-refractivity contribution in [2.45, 2.75) is 69.4 Å². The summed E-state index contributed by atoms with van der Waals surface area (Å²) in [5.74, 6) is 0.603. The zero-order valence-electron chi connectivity index (χ0n) is 23.0. The van der Waals surface area contributed by atoms with Gasteiger partial charge in [-0.2, -0.15) is 4.98 Å². The first-order valence-corrected chi connectivity index (χ1v) is 14.5. The summed E-state index contributed by atoms with van der Waals surface area (Å²) in [6.45, 7) is 4.37. The molecule has 3 heterocycles. The van der Waals surface area contributed by atoms with E-state index in [0.717, 1.165) is 62.1 Å². The Morgan fingerprint density at radius 2 is 1.98 bits per heavy atom. The maximum Gasteiger partial charge on any atom is 0.304 e. The van der Waals surface area contributed by atoms with Crippen LogP contribution in [0.15, 0.2) is 42.6 Å². The van der Waals surface area contributed by atoms with Crippen molar-refractivity contribution in [3.8, 4) is 0 Å². The third kappa shape index (κ3) is 5.16. The molecule has 1 aliphatic carbocycles. The maximum absolute atomic E-state index is 11.7. The molecular weight excluding hydrogens is 526 g/mol. The van der Waals surface area contributed by atoms with Crippen LogP contribution in [0.1, 0.15) is 67.2 Å². The van der Waals surface area contributed by atoms with Gasteiger partial charge in [-0.25, -0.2) is 4.98 Å². The van der Waals surface area contributed by atoms with Crippen molar-refractivity contribution in [1.29, 1.82) is 0 Å². The molecular formula is C31H36ClN5O3. The number of carboxylic acids is 1. The number of carboxylic acid groups (broad SMARTS) is 1. The quantitative estimate of drug-likeness (QED) is 0.349. The number of aliphatic hydroxyl groups excluding tert-OH is 1. The van der Waals surface area contributed by atoms with E-state index in [1.165, 1.54) is 16.7 Å². The predicted molar refractivity (Wildman–Crippen MR) is 157 cm³/mol. The molecule has 1 aromatic heterocycles. The number of likely N-dealkylation sites (N-methyl/N-ethyl adjacent to an activating group) is 1. The van der Waals surface area contributed by atoms with E-state index in [2.05, 4.69) is 34.4 Å². The van der Waals surface area contributed by atoms with Crippen molar-refractivity contribution in [3.05, 3.63) is 69.9 Å². The highest BCUT2D eigenvalue weighted by atomic mass is 35.5. The lowest BCUT2D eigenvalue weighted by molar-refractivity contribution is -0.138. The number of hydrogen-bond acceptors (Lipinski definition) is 7. The van der Waals surface area contributed by atoms with Gasteiger partial charge in [0.25, 0.3) is 0 Å². The molecule has 8 nitrogen and oxygen atoms in total. The van der Waals surface area contributed by atoms with Crippen LogP contribution in [-0.4, -0.2) is 57.3 Å². The predicted octanol–water partition coefficient (Wildman–Crippen LogP) is 5.76. The molecule has 6 rings (SSSR count). The number of aliphatic carboxylic acids is 1. The lowest BCUT2D eigenvalue weighted by Crippen LogP contribution is -2.31. The number of anilines is 4. The minimum atomic E-state index is -0.836. The molecule has 1 atom stereocenters. The number of aliphatic hydroxyl groups is 1. The van der Waals surface area contributed by atoms with Gasteiger partial charge < -0.3 is 25.3 Å². The number of aromatic nitrogens is 2. The molecule has 2 aliphatic heterocycles. The maximum atomic E-state index is 11.7. The monoisotopic (exact) mass is 561 g/mol. The average Bonchev–Trinajstić information content (AvgIpc) is 3.21.